The maximum Gasteiger partial charge on any atom is 0.260 e. The minimum Gasteiger partial charge on any atom is -0.344 e. The van der Waals surface area contributed by atoms with E-state index in [-0.39, 0.29) is 65.4 Å². The van der Waals surface area contributed by atoms with Crippen LogP contribution in [0, 0.1) is 0 Å². The summed E-state index contributed by atoms with van der Waals surface area (Å²) in [5.74, 6) is -0.331. The number of amides is 3. The molecule has 2 saturated heterocycles. The van der Waals surface area contributed by atoms with Gasteiger partial charge in [0.2, 0.25) is 24.2 Å². The molecule has 2 aromatic carbocycles. The van der Waals surface area contributed by atoms with Gasteiger partial charge in [0.25, 0.3) is 10.0 Å². The second-order valence-electron chi connectivity index (χ2n) is 12.5. The Morgan fingerprint density at radius 1 is 1.00 bits per heavy atom. The van der Waals surface area contributed by atoms with E-state index >= 15 is 0 Å². The molecular formula is C33H34Cl2N8O5S. The lowest BCUT2D eigenvalue weighted by Gasteiger charge is -2.37. The Hall–Kier alpha value is -4.37. The highest BCUT2D eigenvalue weighted by Crippen LogP contribution is 2.37. The Labute approximate surface area is 293 Å². The first-order valence-electron chi connectivity index (χ1n) is 15.6. The van der Waals surface area contributed by atoms with Crippen LogP contribution in [0.2, 0.25) is 10.0 Å². The highest BCUT2D eigenvalue weighted by molar-refractivity contribution is 7.89. The number of aromatic nitrogens is 4. The molecule has 1 atom stereocenters. The summed E-state index contributed by atoms with van der Waals surface area (Å²) in [7, 11) is -4.19. The topological polar surface area (TPSA) is 151 Å². The first-order valence-corrected chi connectivity index (χ1v) is 17.8. The zero-order chi connectivity index (χ0) is 34.9. The van der Waals surface area contributed by atoms with Crippen molar-refractivity contribution in [3.63, 3.8) is 0 Å². The molecule has 4 aromatic rings. The Morgan fingerprint density at radius 2 is 1.65 bits per heavy atom. The van der Waals surface area contributed by atoms with Crippen LogP contribution in [0.4, 0.5) is 11.6 Å². The number of rotatable bonds is 10. The minimum atomic E-state index is -4.19. The minimum absolute atomic E-state index is 0.0433. The lowest BCUT2D eigenvalue weighted by atomic mass is 9.93. The van der Waals surface area contributed by atoms with E-state index in [1.165, 1.54) is 39.9 Å². The Morgan fingerprint density at radius 3 is 2.24 bits per heavy atom. The average Bonchev–Trinajstić information content (AvgIpc) is 3.73. The summed E-state index contributed by atoms with van der Waals surface area (Å²) in [5, 5.41) is 3.14. The monoisotopic (exact) mass is 724 g/mol. The fraction of sp³-hybridized carbons (Fsp3) is 0.333. The van der Waals surface area contributed by atoms with Gasteiger partial charge in [-0.3, -0.25) is 23.9 Å². The number of carbonyl (C=O) groups excluding carboxylic acids is 3. The van der Waals surface area contributed by atoms with Crippen molar-refractivity contribution in [3.05, 3.63) is 83.0 Å². The van der Waals surface area contributed by atoms with Crippen molar-refractivity contribution in [3.8, 4) is 11.1 Å². The quantitative estimate of drug-likeness (QED) is 0.241. The van der Waals surface area contributed by atoms with E-state index in [0.29, 0.717) is 24.9 Å². The number of hydrogen-bond donors (Lipinski definition) is 1. The summed E-state index contributed by atoms with van der Waals surface area (Å²) >= 11 is 12.6. The number of halogens is 2. The van der Waals surface area contributed by atoms with E-state index < -0.39 is 21.6 Å². The summed E-state index contributed by atoms with van der Waals surface area (Å²) in [6.07, 6.45) is 7.77. The smallest absolute Gasteiger partial charge is 0.260 e. The van der Waals surface area contributed by atoms with Gasteiger partial charge in [0.15, 0.2) is 5.03 Å². The number of sulfonamides is 1. The van der Waals surface area contributed by atoms with Crippen LogP contribution in [0.5, 0.6) is 0 Å². The van der Waals surface area contributed by atoms with Crippen LogP contribution in [0.25, 0.3) is 11.1 Å². The number of piperazine rings is 1. The molecule has 2 aromatic heterocycles. The van der Waals surface area contributed by atoms with Crippen molar-refractivity contribution in [2.24, 2.45) is 0 Å². The number of hydrogen-bond acceptors (Lipinski definition) is 8. The molecule has 16 heteroatoms. The van der Waals surface area contributed by atoms with Gasteiger partial charge in [-0.05, 0) is 56.0 Å². The van der Waals surface area contributed by atoms with Gasteiger partial charge in [0.1, 0.15) is 12.4 Å². The largest absolute Gasteiger partial charge is 0.344 e. The van der Waals surface area contributed by atoms with Crippen LogP contribution in [-0.2, 0) is 36.4 Å². The van der Waals surface area contributed by atoms with Gasteiger partial charge >= 0.3 is 0 Å². The predicted molar refractivity (Wildman–Crippen MR) is 184 cm³/mol. The Balaban J connectivity index is 1.34. The van der Waals surface area contributed by atoms with Gasteiger partial charge in [-0.15, -0.1) is 0 Å². The molecule has 2 fully saturated rings. The first kappa shape index (κ1) is 34.5. The van der Waals surface area contributed by atoms with E-state index in [2.05, 4.69) is 20.3 Å². The maximum atomic E-state index is 14.4. The van der Waals surface area contributed by atoms with Gasteiger partial charge in [0, 0.05) is 66.1 Å². The third-order valence-electron chi connectivity index (χ3n) is 8.70. The number of anilines is 2. The van der Waals surface area contributed by atoms with Crippen molar-refractivity contribution < 1.29 is 22.8 Å². The maximum absolute atomic E-state index is 14.4. The number of nitrogens with one attached hydrogen (secondary N) is 1. The van der Waals surface area contributed by atoms with Gasteiger partial charge in [-0.2, -0.15) is 4.31 Å². The molecule has 1 N–H and O–H groups in total. The molecule has 13 nitrogen and oxygen atoms in total. The molecule has 2 aliphatic heterocycles. The Bertz CT molecular complexity index is 1960. The van der Waals surface area contributed by atoms with Gasteiger partial charge < -0.3 is 10.2 Å². The second-order valence-corrected chi connectivity index (χ2v) is 15.3. The van der Waals surface area contributed by atoms with Crippen LogP contribution < -0.4 is 10.2 Å². The van der Waals surface area contributed by atoms with Crippen molar-refractivity contribution in [1.82, 2.24) is 34.0 Å². The lowest BCUT2D eigenvalue weighted by Crippen LogP contribution is -2.54. The molecule has 0 saturated carbocycles. The molecule has 256 valence electrons. The highest BCUT2D eigenvalue weighted by Gasteiger charge is 2.40. The van der Waals surface area contributed by atoms with Gasteiger partial charge in [-0.25, -0.2) is 23.4 Å². The zero-order valence-electron chi connectivity index (χ0n) is 26.8. The van der Waals surface area contributed by atoms with Crippen LogP contribution in [0.3, 0.4) is 0 Å². The van der Waals surface area contributed by atoms with Crippen molar-refractivity contribution >= 4 is 63.1 Å². The van der Waals surface area contributed by atoms with Crippen molar-refractivity contribution in [2.45, 2.75) is 49.7 Å². The highest BCUT2D eigenvalue weighted by atomic mass is 35.5. The second kappa shape index (κ2) is 13.9. The van der Waals surface area contributed by atoms with Gasteiger partial charge in [-0.1, -0.05) is 47.5 Å². The van der Waals surface area contributed by atoms with E-state index in [9.17, 15) is 22.8 Å². The summed E-state index contributed by atoms with van der Waals surface area (Å²) in [6.45, 7) is 4.15. The van der Waals surface area contributed by atoms with E-state index in [4.69, 9.17) is 23.2 Å². The molecule has 0 aliphatic carbocycles. The van der Waals surface area contributed by atoms with E-state index in [0.717, 1.165) is 16.7 Å². The number of imidazole rings is 1. The summed E-state index contributed by atoms with van der Waals surface area (Å²) in [5.41, 5.74) is 2.04. The molecule has 4 heterocycles. The van der Waals surface area contributed by atoms with Crippen LogP contribution >= 0.6 is 23.2 Å². The predicted octanol–water partition coefficient (Wildman–Crippen LogP) is 4.03. The van der Waals surface area contributed by atoms with Crippen molar-refractivity contribution in [1.29, 1.82) is 0 Å². The SMILES string of the molecule is CC(C)(Cc1ccc(-c2cncnc2)cc1)n1c(S(=O)(=O)N2CCN(C(=O)C3CCC(=O)N3)CC2)cnc1N(C=O)c1cc(Cl)cc(Cl)c1. The molecule has 49 heavy (non-hydrogen) atoms. The molecule has 6 rings (SSSR count). The van der Waals surface area contributed by atoms with Crippen LogP contribution in [0.1, 0.15) is 32.3 Å². The number of benzene rings is 2. The number of nitrogens with zero attached hydrogens (tertiary/aromatic N) is 7. The molecule has 2 aliphatic rings. The molecule has 0 bridgehead atoms. The van der Waals surface area contributed by atoms with Crippen molar-refractivity contribution in [2.75, 3.05) is 31.1 Å². The van der Waals surface area contributed by atoms with E-state index in [1.807, 2.05) is 38.1 Å². The molecule has 1 unspecified atom stereocenters. The van der Waals surface area contributed by atoms with Crippen LogP contribution in [-0.4, -0.2) is 87.6 Å². The van der Waals surface area contributed by atoms with E-state index in [1.54, 1.807) is 21.9 Å². The third-order valence-corrected chi connectivity index (χ3v) is 11.0. The number of carbonyl (C=O) groups is 3. The summed E-state index contributed by atoms with van der Waals surface area (Å²) in [4.78, 5) is 52.8. The normalized spacial score (nSPS) is 17.2. The summed E-state index contributed by atoms with van der Waals surface area (Å²) < 4.78 is 31.7. The van der Waals surface area contributed by atoms with Gasteiger partial charge in [0.05, 0.1) is 11.9 Å². The fourth-order valence-corrected chi connectivity index (χ4v) is 8.46. The molecule has 3 amide bonds. The van der Waals surface area contributed by atoms with Crippen LogP contribution in [0.15, 0.2) is 72.4 Å². The Kier molecular flexibility index (Phi) is 9.76. The average molecular weight is 726 g/mol. The third kappa shape index (κ3) is 7.18. The molecule has 0 spiro atoms. The fourth-order valence-electron chi connectivity index (χ4n) is 6.29. The summed E-state index contributed by atoms with van der Waals surface area (Å²) in [6, 6.07) is 11.8. The zero-order valence-corrected chi connectivity index (χ0v) is 29.1. The lowest BCUT2D eigenvalue weighted by molar-refractivity contribution is -0.135. The molecular weight excluding hydrogens is 691 g/mol. The first-order chi connectivity index (χ1) is 23.4. The molecule has 0 radical (unpaired) electrons. The standard InChI is InChI=1S/C33H34Cl2N8O5S/c1-33(2,16-22-3-5-23(6-4-22)24-17-36-20-37-18-24)43-30(19-38-32(43)42(21-44)27-14-25(34)13-26(35)15-27)49(47,48)41-11-9-40(10-12-41)31(46)28-7-8-29(45)39-28/h3-6,13-15,17-21,28H,7-12,16H2,1-2H3,(H,39,45).